The van der Waals surface area contributed by atoms with Gasteiger partial charge in [0.25, 0.3) is 0 Å². The lowest BCUT2D eigenvalue weighted by Crippen LogP contribution is -2.45. The van der Waals surface area contributed by atoms with E-state index < -0.39 is 12.1 Å². The zero-order valence-electron chi connectivity index (χ0n) is 59.5. The molecule has 0 spiro atoms. The Balaban J connectivity index is 3.32. The lowest BCUT2D eigenvalue weighted by Gasteiger charge is -2.20. The molecule has 6 heteroatoms. The molecule has 0 rings (SSSR count). The first kappa shape index (κ1) is 85.6. The molecule has 0 saturated carbocycles. The summed E-state index contributed by atoms with van der Waals surface area (Å²) in [5, 5.41) is 23.3. The first-order valence-electron chi connectivity index (χ1n) is 40.5. The van der Waals surface area contributed by atoms with Gasteiger partial charge in [0.15, 0.2) is 0 Å². The van der Waals surface area contributed by atoms with E-state index in [9.17, 15) is 19.8 Å². The normalized spacial score (nSPS) is 12.5. The maximum Gasteiger partial charge on any atom is 0.305 e. The van der Waals surface area contributed by atoms with Gasteiger partial charge in [-0.3, -0.25) is 9.59 Å². The van der Waals surface area contributed by atoms with Gasteiger partial charge in [-0.2, -0.15) is 0 Å². The predicted molar refractivity (Wildman–Crippen MR) is 384 cm³/mol. The minimum Gasteiger partial charge on any atom is -0.466 e. The number of aliphatic hydroxyl groups excluding tert-OH is 2. The van der Waals surface area contributed by atoms with Crippen molar-refractivity contribution >= 4 is 11.9 Å². The Labute approximate surface area is 546 Å². The van der Waals surface area contributed by atoms with E-state index in [1.54, 1.807) is 6.08 Å². The Morgan fingerprint density at radius 2 is 0.529 bits per heavy atom. The second-order valence-electron chi connectivity index (χ2n) is 28.1. The van der Waals surface area contributed by atoms with Gasteiger partial charge in [0, 0.05) is 12.8 Å². The lowest BCUT2D eigenvalue weighted by molar-refractivity contribution is -0.143. The molecule has 0 aliphatic rings. The van der Waals surface area contributed by atoms with Crippen LogP contribution in [0, 0.1) is 0 Å². The number of amides is 1. The summed E-state index contributed by atoms with van der Waals surface area (Å²) in [7, 11) is 0. The molecule has 0 radical (unpaired) electrons. The van der Waals surface area contributed by atoms with E-state index in [1.807, 2.05) is 6.08 Å². The second-order valence-corrected chi connectivity index (χ2v) is 28.1. The molecule has 0 aromatic carbocycles. The van der Waals surface area contributed by atoms with E-state index in [0.717, 1.165) is 38.5 Å². The monoisotopic (exact) mass is 1230 g/mol. The van der Waals surface area contributed by atoms with Gasteiger partial charge in [-0.05, 0) is 32.1 Å². The smallest absolute Gasteiger partial charge is 0.305 e. The van der Waals surface area contributed by atoms with Crippen molar-refractivity contribution in [1.29, 1.82) is 0 Å². The zero-order valence-corrected chi connectivity index (χ0v) is 59.5. The van der Waals surface area contributed by atoms with Gasteiger partial charge >= 0.3 is 5.97 Å². The van der Waals surface area contributed by atoms with Gasteiger partial charge < -0.3 is 20.3 Å². The first-order valence-corrected chi connectivity index (χ1v) is 40.5. The standard InChI is InChI=1S/C81H159NO5/c1-3-5-7-9-11-13-15-17-19-20-21-39-42-46-49-53-57-61-65-69-73-79(84)78(77-83)82-80(85)74-70-66-62-58-54-50-47-43-40-37-35-33-31-29-27-25-23-22-24-26-28-30-32-34-36-38-41-44-48-52-56-60-64-68-72-76-87-81(86)75-71-67-63-59-55-51-45-18-16-14-12-10-8-6-4-2/h69,73,78-79,83-84H,3-68,70-72,74-77H2,1-2H3,(H,82,85)/b73-69+. The number of esters is 1. The third-order valence-corrected chi connectivity index (χ3v) is 19.3. The molecule has 0 saturated heterocycles. The van der Waals surface area contributed by atoms with Crippen LogP contribution in [-0.4, -0.2) is 47.4 Å². The number of rotatable bonds is 77. The van der Waals surface area contributed by atoms with E-state index in [4.69, 9.17) is 4.74 Å². The van der Waals surface area contributed by atoms with Crippen LogP contribution in [0.15, 0.2) is 12.2 Å². The Kier molecular flexibility index (Phi) is 75.8. The summed E-state index contributed by atoms with van der Waals surface area (Å²) in [4.78, 5) is 24.6. The molecule has 0 bridgehead atoms. The molecule has 0 aliphatic heterocycles. The molecular weight excluding hydrogens is 1070 g/mol. The van der Waals surface area contributed by atoms with Gasteiger partial charge in [0.05, 0.1) is 25.4 Å². The molecule has 0 aromatic heterocycles. The quantitative estimate of drug-likeness (QED) is 0.0320. The fourth-order valence-corrected chi connectivity index (χ4v) is 13.2. The molecule has 2 unspecified atom stereocenters. The highest BCUT2D eigenvalue weighted by atomic mass is 16.5. The predicted octanol–water partition coefficient (Wildman–Crippen LogP) is 26.7. The molecule has 6 nitrogen and oxygen atoms in total. The maximum atomic E-state index is 12.5. The van der Waals surface area contributed by atoms with E-state index in [-0.39, 0.29) is 18.5 Å². The number of hydrogen-bond acceptors (Lipinski definition) is 5. The Hall–Kier alpha value is -1.40. The molecule has 87 heavy (non-hydrogen) atoms. The SMILES string of the molecule is CCCCCCCCCCCCCCCCCCCC/C=C/C(O)C(CO)NC(=O)CCCCCCCCCCCCCCCCCCCCCCCCCCCCCCCCCCCCCOC(=O)CCCCCCCCCCCCCCCCC. The summed E-state index contributed by atoms with van der Waals surface area (Å²) in [6, 6.07) is -0.624. The summed E-state index contributed by atoms with van der Waals surface area (Å²) in [5.74, 6) is -0.0310. The van der Waals surface area contributed by atoms with Crippen LogP contribution in [0.2, 0.25) is 0 Å². The molecular formula is C81H159NO5. The summed E-state index contributed by atoms with van der Waals surface area (Å²) >= 11 is 0. The van der Waals surface area contributed by atoms with Crippen LogP contribution in [0.1, 0.15) is 470 Å². The summed E-state index contributed by atoms with van der Waals surface area (Å²) in [5.41, 5.74) is 0. The van der Waals surface area contributed by atoms with E-state index in [1.165, 1.54) is 405 Å². The van der Waals surface area contributed by atoms with Crippen LogP contribution in [0.25, 0.3) is 0 Å². The number of aliphatic hydroxyl groups is 2. The second kappa shape index (κ2) is 77.1. The molecule has 0 fully saturated rings. The number of hydrogen-bond donors (Lipinski definition) is 3. The summed E-state index contributed by atoms with van der Waals surface area (Å²) in [6.07, 6.45) is 97.8. The van der Waals surface area contributed by atoms with Gasteiger partial charge in [-0.25, -0.2) is 0 Å². The van der Waals surface area contributed by atoms with E-state index >= 15 is 0 Å². The Bertz CT molecular complexity index is 1320. The number of carbonyl (C=O) groups excluding carboxylic acids is 2. The third-order valence-electron chi connectivity index (χ3n) is 19.3. The molecule has 0 aromatic rings. The number of unbranched alkanes of at least 4 members (excludes halogenated alkanes) is 66. The van der Waals surface area contributed by atoms with Crippen LogP contribution in [0.5, 0.6) is 0 Å². The van der Waals surface area contributed by atoms with Crippen molar-refractivity contribution in [2.24, 2.45) is 0 Å². The minimum atomic E-state index is -0.841. The van der Waals surface area contributed by atoms with Gasteiger partial charge in [0.1, 0.15) is 0 Å². The Morgan fingerprint density at radius 1 is 0.310 bits per heavy atom. The lowest BCUT2D eigenvalue weighted by atomic mass is 10.0. The highest BCUT2D eigenvalue weighted by Gasteiger charge is 2.18. The van der Waals surface area contributed by atoms with E-state index in [0.29, 0.717) is 19.4 Å². The average Bonchev–Trinajstić information content (AvgIpc) is 3.58. The van der Waals surface area contributed by atoms with Crippen LogP contribution in [-0.2, 0) is 14.3 Å². The van der Waals surface area contributed by atoms with Crippen molar-refractivity contribution in [3.63, 3.8) is 0 Å². The zero-order chi connectivity index (χ0) is 62.8. The maximum absolute atomic E-state index is 12.5. The largest absolute Gasteiger partial charge is 0.466 e. The van der Waals surface area contributed by atoms with Crippen molar-refractivity contribution in [3.05, 3.63) is 12.2 Å². The third kappa shape index (κ3) is 73.5. The molecule has 1 amide bonds. The van der Waals surface area contributed by atoms with Crippen molar-refractivity contribution in [3.8, 4) is 0 Å². The number of nitrogens with one attached hydrogen (secondary N) is 1. The number of allylic oxidation sites excluding steroid dienone is 1. The van der Waals surface area contributed by atoms with Crippen molar-refractivity contribution < 1.29 is 24.5 Å². The van der Waals surface area contributed by atoms with E-state index in [2.05, 4.69) is 19.2 Å². The number of ether oxygens (including phenoxy) is 1. The fourth-order valence-electron chi connectivity index (χ4n) is 13.2. The molecule has 0 aliphatic carbocycles. The first-order chi connectivity index (χ1) is 43.0. The van der Waals surface area contributed by atoms with Crippen LogP contribution >= 0.6 is 0 Å². The Morgan fingerprint density at radius 3 is 0.782 bits per heavy atom. The van der Waals surface area contributed by atoms with Gasteiger partial charge in [-0.15, -0.1) is 0 Å². The van der Waals surface area contributed by atoms with Crippen LogP contribution < -0.4 is 5.32 Å². The molecule has 3 N–H and O–H groups in total. The summed E-state index contributed by atoms with van der Waals surface area (Å²) in [6.45, 7) is 4.97. The van der Waals surface area contributed by atoms with Crippen LogP contribution in [0.4, 0.5) is 0 Å². The van der Waals surface area contributed by atoms with Crippen molar-refractivity contribution in [1.82, 2.24) is 5.32 Å². The van der Waals surface area contributed by atoms with Gasteiger partial charge in [-0.1, -0.05) is 437 Å². The number of carbonyl (C=O) groups is 2. The average molecular weight is 1230 g/mol. The van der Waals surface area contributed by atoms with Crippen LogP contribution in [0.3, 0.4) is 0 Å². The van der Waals surface area contributed by atoms with Gasteiger partial charge in [0.2, 0.25) is 5.91 Å². The summed E-state index contributed by atoms with van der Waals surface area (Å²) < 4.78 is 5.51. The molecule has 518 valence electrons. The highest BCUT2D eigenvalue weighted by Crippen LogP contribution is 2.20. The fraction of sp³-hybridized carbons (Fsp3) is 0.951. The minimum absolute atomic E-state index is 0.0265. The topological polar surface area (TPSA) is 95.9 Å². The molecule has 2 atom stereocenters. The van der Waals surface area contributed by atoms with Crippen molar-refractivity contribution in [2.75, 3.05) is 13.2 Å². The highest BCUT2D eigenvalue weighted by molar-refractivity contribution is 5.76. The van der Waals surface area contributed by atoms with Crippen molar-refractivity contribution in [2.45, 2.75) is 482 Å². The molecule has 0 heterocycles.